The van der Waals surface area contributed by atoms with E-state index in [9.17, 15) is 14.7 Å². The number of nitrogens with one attached hydrogen (secondary N) is 1. The average molecular weight is 465 g/mol. The highest BCUT2D eigenvalue weighted by atomic mass is 16.5. The van der Waals surface area contributed by atoms with Crippen molar-refractivity contribution in [1.29, 1.82) is 0 Å². The van der Waals surface area contributed by atoms with Crippen LogP contribution in [0.3, 0.4) is 0 Å². The molecule has 3 heterocycles. The number of ether oxygens (including phenoxy) is 2. The zero-order chi connectivity index (χ0) is 24.0. The Morgan fingerprint density at radius 3 is 2.56 bits per heavy atom. The van der Waals surface area contributed by atoms with Crippen molar-refractivity contribution in [3.63, 3.8) is 0 Å². The number of benzene rings is 1. The minimum Gasteiger partial charge on any atom is -0.497 e. The van der Waals surface area contributed by atoms with E-state index >= 15 is 0 Å². The smallest absolute Gasteiger partial charge is 0.329 e. The number of hydrogen-bond donors (Lipinski definition) is 2. The molecule has 1 aromatic carbocycles. The third kappa shape index (κ3) is 3.75. The van der Waals surface area contributed by atoms with Crippen LogP contribution in [0.25, 0.3) is 11.0 Å². The fraction of sp³-hybridized carbons (Fsp3) is 0.400. The highest BCUT2D eigenvalue weighted by Gasteiger charge is 2.33. The number of aliphatic hydroxyl groups excluding tert-OH is 1. The lowest BCUT2D eigenvalue weighted by atomic mass is 9.83. The van der Waals surface area contributed by atoms with Gasteiger partial charge in [-0.3, -0.25) is 14.6 Å². The van der Waals surface area contributed by atoms with E-state index in [1.54, 1.807) is 61.5 Å². The van der Waals surface area contributed by atoms with E-state index in [2.05, 4.69) is 9.97 Å². The summed E-state index contributed by atoms with van der Waals surface area (Å²) in [7, 11) is 4.85. The fourth-order valence-electron chi connectivity index (χ4n) is 5.03. The van der Waals surface area contributed by atoms with Crippen LogP contribution in [-0.2, 0) is 6.54 Å². The Morgan fingerprint density at radius 2 is 1.88 bits per heavy atom. The molecule has 1 aliphatic heterocycles. The second kappa shape index (κ2) is 8.64. The number of urea groups is 1. The monoisotopic (exact) mass is 464 g/mol. The molecule has 9 heteroatoms. The molecule has 0 bridgehead atoms. The molecule has 2 aromatic heterocycles. The molecule has 1 aliphatic carbocycles. The number of aliphatic hydroxyl groups is 1. The van der Waals surface area contributed by atoms with Gasteiger partial charge in [0.2, 0.25) is 0 Å². The van der Waals surface area contributed by atoms with Crippen molar-refractivity contribution >= 4 is 34.2 Å². The maximum atomic E-state index is 13.4. The molecule has 2 amide bonds. The number of nitrogens with zero attached hydrogens (tertiary/aromatic N) is 3. The Bertz CT molecular complexity index is 1250. The number of H-pyrrole nitrogens is 1. The van der Waals surface area contributed by atoms with Crippen molar-refractivity contribution in [2.45, 2.75) is 38.3 Å². The van der Waals surface area contributed by atoms with Crippen LogP contribution in [0.15, 0.2) is 30.5 Å². The van der Waals surface area contributed by atoms with Crippen molar-refractivity contribution < 1.29 is 24.2 Å². The highest BCUT2D eigenvalue weighted by molar-refractivity contribution is 6.12. The predicted molar refractivity (Wildman–Crippen MR) is 128 cm³/mol. The number of aromatic nitrogens is 2. The Balaban J connectivity index is 1.51. The Hall–Kier alpha value is -3.59. The summed E-state index contributed by atoms with van der Waals surface area (Å²) in [6.07, 6.45) is 4.15. The van der Waals surface area contributed by atoms with Gasteiger partial charge in [-0.2, -0.15) is 0 Å². The number of rotatable bonds is 5. The van der Waals surface area contributed by atoms with Crippen molar-refractivity contribution in [3.8, 4) is 11.5 Å². The third-order valence-electron chi connectivity index (χ3n) is 6.82. The van der Waals surface area contributed by atoms with Crippen LogP contribution in [-0.4, -0.2) is 54.3 Å². The van der Waals surface area contributed by atoms with Gasteiger partial charge in [-0.15, -0.1) is 0 Å². The van der Waals surface area contributed by atoms with E-state index in [0.29, 0.717) is 41.5 Å². The van der Waals surface area contributed by atoms with E-state index in [4.69, 9.17) is 9.47 Å². The molecular weight excluding hydrogens is 436 g/mol. The fourth-order valence-corrected chi connectivity index (χ4v) is 5.03. The first-order chi connectivity index (χ1) is 16.4. The molecule has 1 fully saturated rings. The summed E-state index contributed by atoms with van der Waals surface area (Å²) >= 11 is 0. The van der Waals surface area contributed by atoms with Gasteiger partial charge in [0.1, 0.15) is 17.1 Å². The SMILES string of the molecule is COc1cc(OC)cc(N2Cc3cnc4[nH]c(C(=O)C5CCCC(O)C5)cc4c3N(C)C2=O)c1. The van der Waals surface area contributed by atoms with Crippen LogP contribution in [0.4, 0.5) is 16.2 Å². The third-order valence-corrected chi connectivity index (χ3v) is 6.82. The van der Waals surface area contributed by atoms with Gasteiger partial charge < -0.3 is 19.6 Å². The van der Waals surface area contributed by atoms with Gasteiger partial charge >= 0.3 is 6.03 Å². The number of Topliss-reactive ketones (excluding diaryl/α,β-unsaturated/α-hetero) is 1. The van der Waals surface area contributed by atoms with Crippen LogP contribution in [0.1, 0.15) is 41.7 Å². The summed E-state index contributed by atoms with van der Waals surface area (Å²) < 4.78 is 10.7. The largest absolute Gasteiger partial charge is 0.497 e. The summed E-state index contributed by atoms with van der Waals surface area (Å²) in [5.74, 6) is 0.961. The number of ketones is 1. The van der Waals surface area contributed by atoms with Crippen molar-refractivity contribution in [1.82, 2.24) is 9.97 Å². The molecule has 0 saturated heterocycles. The molecule has 0 spiro atoms. The topological polar surface area (TPSA) is 108 Å². The quantitative estimate of drug-likeness (QED) is 0.555. The van der Waals surface area contributed by atoms with Gasteiger partial charge in [0.15, 0.2) is 5.78 Å². The Labute approximate surface area is 197 Å². The zero-order valence-corrected chi connectivity index (χ0v) is 19.5. The van der Waals surface area contributed by atoms with E-state index in [-0.39, 0.29) is 17.7 Å². The zero-order valence-electron chi connectivity index (χ0n) is 19.5. The summed E-state index contributed by atoms with van der Waals surface area (Å²) in [5, 5.41) is 10.7. The van der Waals surface area contributed by atoms with Crippen molar-refractivity contribution in [2.24, 2.45) is 5.92 Å². The number of carbonyl (C=O) groups is 2. The number of aromatic amines is 1. The van der Waals surface area contributed by atoms with E-state index in [1.165, 1.54) is 0 Å². The maximum Gasteiger partial charge on any atom is 0.329 e. The second-order valence-electron chi connectivity index (χ2n) is 8.96. The van der Waals surface area contributed by atoms with Crippen LogP contribution in [0.5, 0.6) is 11.5 Å². The van der Waals surface area contributed by atoms with Gasteiger partial charge in [-0.1, -0.05) is 6.42 Å². The van der Waals surface area contributed by atoms with Gasteiger partial charge in [-0.25, -0.2) is 9.78 Å². The number of anilines is 2. The molecular formula is C25H28N4O5. The summed E-state index contributed by atoms with van der Waals surface area (Å²) in [5.41, 5.74) is 3.28. The van der Waals surface area contributed by atoms with Crippen molar-refractivity contribution in [2.75, 3.05) is 31.1 Å². The number of fused-ring (bicyclic) bond motifs is 3. The van der Waals surface area contributed by atoms with Gasteiger partial charge in [-0.05, 0) is 25.3 Å². The maximum absolute atomic E-state index is 13.4. The number of hydrogen-bond acceptors (Lipinski definition) is 6. The summed E-state index contributed by atoms with van der Waals surface area (Å²) in [6, 6.07) is 6.91. The minimum absolute atomic E-state index is 0.0135. The summed E-state index contributed by atoms with van der Waals surface area (Å²) in [6.45, 7) is 0.320. The minimum atomic E-state index is -0.428. The lowest BCUT2D eigenvalue weighted by molar-refractivity contribution is 0.0705. The van der Waals surface area contributed by atoms with E-state index in [0.717, 1.165) is 35.9 Å². The Kier molecular flexibility index (Phi) is 5.65. The molecule has 5 rings (SSSR count). The molecule has 9 nitrogen and oxygen atoms in total. The molecule has 2 aliphatic rings. The number of amides is 2. The van der Waals surface area contributed by atoms with Crippen molar-refractivity contribution in [3.05, 3.63) is 41.7 Å². The normalized spacial score (nSPS) is 20.4. The van der Waals surface area contributed by atoms with Gasteiger partial charge in [0.05, 0.1) is 43.9 Å². The average Bonchev–Trinajstić information content (AvgIpc) is 3.29. The predicted octanol–water partition coefficient (Wildman–Crippen LogP) is 3.89. The van der Waals surface area contributed by atoms with Gasteiger partial charge in [0.25, 0.3) is 0 Å². The molecule has 34 heavy (non-hydrogen) atoms. The standard InChI is InChI=1S/C25H28N4O5/c1-28-22-15(13-29(25(28)32)16-8-18(33-2)10-19(9-16)34-3)12-26-24-20(22)11-21(27-24)23(31)14-5-4-6-17(30)7-14/h8-12,14,17,30H,4-7,13H2,1-3H3,(H,26,27). The number of methoxy groups -OCH3 is 2. The first-order valence-electron chi connectivity index (χ1n) is 11.4. The molecule has 2 unspecified atom stereocenters. The summed E-state index contributed by atoms with van der Waals surface area (Å²) in [4.78, 5) is 37.4. The van der Waals surface area contributed by atoms with Gasteiger partial charge in [0, 0.05) is 48.3 Å². The second-order valence-corrected chi connectivity index (χ2v) is 8.96. The van der Waals surface area contributed by atoms with E-state index < -0.39 is 6.10 Å². The highest BCUT2D eigenvalue weighted by Crippen LogP contribution is 2.38. The lowest BCUT2D eigenvalue weighted by Gasteiger charge is -2.35. The number of carbonyl (C=O) groups excluding carboxylic acids is 2. The van der Waals surface area contributed by atoms with E-state index in [1.807, 2.05) is 0 Å². The van der Waals surface area contributed by atoms with Crippen LogP contribution in [0, 0.1) is 5.92 Å². The first-order valence-corrected chi connectivity index (χ1v) is 11.4. The number of pyridine rings is 1. The van der Waals surface area contributed by atoms with Crippen LogP contribution in [0.2, 0.25) is 0 Å². The molecule has 0 radical (unpaired) electrons. The van der Waals surface area contributed by atoms with Crippen LogP contribution >= 0.6 is 0 Å². The molecule has 3 aromatic rings. The first kappa shape index (κ1) is 22.2. The molecule has 1 saturated carbocycles. The van der Waals surface area contributed by atoms with Crippen LogP contribution < -0.4 is 19.3 Å². The molecule has 2 atom stereocenters. The molecule has 2 N–H and O–H groups in total. The molecule has 178 valence electrons. The lowest BCUT2D eigenvalue weighted by Crippen LogP contribution is -2.45. The Morgan fingerprint density at radius 1 is 1.15 bits per heavy atom.